The molecular weight excluding hydrogens is 276 g/mol. The van der Waals surface area contributed by atoms with Gasteiger partial charge in [0.1, 0.15) is 6.04 Å². The van der Waals surface area contributed by atoms with Gasteiger partial charge in [0.05, 0.1) is 0 Å². The van der Waals surface area contributed by atoms with Crippen molar-refractivity contribution >= 4 is 23.8 Å². The molecule has 0 spiro atoms. The molecule has 0 rings (SSSR count). The first kappa shape index (κ1) is 19.1. The predicted molar refractivity (Wildman–Crippen MR) is 84.1 cm³/mol. The van der Waals surface area contributed by atoms with Gasteiger partial charge in [-0.3, -0.25) is 0 Å². The summed E-state index contributed by atoms with van der Waals surface area (Å²) in [4.78, 5) is 22.8. The standard InChI is InChI=1S/C14H28N2O3S/c1-9(2)11(10(3)4)8-15-14(19)16-12(13(17)18)6-7-20-5/h9-12H,6-8H2,1-5H3,(H,17,18)(H2,15,16,19)/t12-/m0/s1. The van der Waals surface area contributed by atoms with Crippen molar-refractivity contribution in [3.05, 3.63) is 0 Å². The maximum absolute atomic E-state index is 11.8. The summed E-state index contributed by atoms with van der Waals surface area (Å²) in [5.74, 6) is 1.05. The number of hydrogen-bond acceptors (Lipinski definition) is 3. The van der Waals surface area contributed by atoms with E-state index in [9.17, 15) is 9.59 Å². The molecule has 0 unspecified atom stereocenters. The summed E-state index contributed by atoms with van der Waals surface area (Å²) in [5.41, 5.74) is 0. The molecule has 0 bridgehead atoms. The summed E-state index contributed by atoms with van der Waals surface area (Å²) < 4.78 is 0. The molecule has 0 aromatic heterocycles. The van der Waals surface area contributed by atoms with E-state index >= 15 is 0 Å². The van der Waals surface area contributed by atoms with Gasteiger partial charge in [-0.1, -0.05) is 27.7 Å². The molecule has 6 heteroatoms. The monoisotopic (exact) mass is 304 g/mol. The first-order valence-corrected chi connectivity index (χ1v) is 8.45. The van der Waals surface area contributed by atoms with Gasteiger partial charge in [-0.25, -0.2) is 9.59 Å². The van der Waals surface area contributed by atoms with Crippen molar-refractivity contribution in [2.24, 2.45) is 17.8 Å². The molecule has 1 atom stereocenters. The van der Waals surface area contributed by atoms with Crippen molar-refractivity contribution in [1.82, 2.24) is 10.6 Å². The largest absolute Gasteiger partial charge is 0.480 e. The van der Waals surface area contributed by atoms with E-state index in [0.29, 0.717) is 36.5 Å². The lowest BCUT2D eigenvalue weighted by atomic mass is 9.85. The van der Waals surface area contributed by atoms with Crippen molar-refractivity contribution in [2.45, 2.75) is 40.2 Å². The Kier molecular flexibility index (Phi) is 9.46. The van der Waals surface area contributed by atoms with Crippen LogP contribution in [0.25, 0.3) is 0 Å². The topological polar surface area (TPSA) is 78.4 Å². The molecule has 0 radical (unpaired) electrons. The van der Waals surface area contributed by atoms with E-state index in [1.54, 1.807) is 11.8 Å². The minimum atomic E-state index is -0.988. The Morgan fingerprint density at radius 3 is 2.10 bits per heavy atom. The number of rotatable bonds is 9. The van der Waals surface area contributed by atoms with E-state index in [4.69, 9.17) is 5.11 Å². The smallest absolute Gasteiger partial charge is 0.326 e. The van der Waals surface area contributed by atoms with E-state index in [0.717, 1.165) is 0 Å². The molecule has 2 amide bonds. The van der Waals surface area contributed by atoms with Gasteiger partial charge in [0, 0.05) is 6.54 Å². The van der Waals surface area contributed by atoms with Crippen LogP contribution in [0.5, 0.6) is 0 Å². The predicted octanol–water partition coefficient (Wildman–Crippen LogP) is 2.42. The third-order valence-corrected chi connectivity index (χ3v) is 4.07. The van der Waals surface area contributed by atoms with Gasteiger partial charge in [0.2, 0.25) is 0 Å². The molecule has 3 N–H and O–H groups in total. The number of hydrogen-bond donors (Lipinski definition) is 3. The number of thioether (sulfide) groups is 1. The quantitative estimate of drug-likeness (QED) is 0.611. The van der Waals surface area contributed by atoms with Gasteiger partial charge in [0.25, 0.3) is 0 Å². The summed E-state index contributed by atoms with van der Waals surface area (Å²) in [5, 5.41) is 14.4. The summed E-state index contributed by atoms with van der Waals surface area (Å²) in [6, 6.07) is -1.22. The van der Waals surface area contributed by atoms with Crippen molar-refractivity contribution in [2.75, 3.05) is 18.6 Å². The molecule has 118 valence electrons. The number of carboxylic acid groups (broad SMARTS) is 1. The Balaban J connectivity index is 4.28. The summed E-state index contributed by atoms with van der Waals surface area (Å²) >= 11 is 1.57. The Morgan fingerprint density at radius 1 is 1.15 bits per heavy atom. The molecule has 0 saturated heterocycles. The number of carbonyl (C=O) groups excluding carboxylic acids is 1. The fourth-order valence-electron chi connectivity index (χ4n) is 2.15. The van der Waals surface area contributed by atoms with Crippen LogP contribution in [-0.4, -0.2) is 41.7 Å². The second-order valence-corrected chi connectivity index (χ2v) is 6.66. The number of urea groups is 1. The minimum absolute atomic E-state index is 0.384. The van der Waals surface area contributed by atoms with Crippen LogP contribution in [-0.2, 0) is 4.79 Å². The van der Waals surface area contributed by atoms with Crippen molar-refractivity contribution in [1.29, 1.82) is 0 Å². The van der Waals surface area contributed by atoms with Gasteiger partial charge in [-0.05, 0) is 36.2 Å². The number of aliphatic carboxylic acids is 1. The molecule has 0 saturated carbocycles. The normalized spacial score (nSPS) is 12.8. The zero-order valence-electron chi connectivity index (χ0n) is 13.1. The van der Waals surface area contributed by atoms with E-state index in [2.05, 4.69) is 38.3 Å². The molecule has 0 aromatic rings. The van der Waals surface area contributed by atoms with Gasteiger partial charge in [0.15, 0.2) is 0 Å². The lowest BCUT2D eigenvalue weighted by Gasteiger charge is -2.25. The van der Waals surface area contributed by atoms with E-state index in [1.807, 2.05) is 6.26 Å². The number of nitrogens with one attached hydrogen (secondary N) is 2. The minimum Gasteiger partial charge on any atom is -0.480 e. The highest BCUT2D eigenvalue weighted by molar-refractivity contribution is 7.98. The van der Waals surface area contributed by atoms with Gasteiger partial charge in [-0.2, -0.15) is 11.8 Å². The fraction of sp³-hybridized carbons (Fsp3) is 0.857. The Labute approximate surface area is 126 Å². The molecule has 20 heavy (non-hydrogen) atoms. The molecule has 5 nitrogen and oxygen atoms in total. The molecule has 0 aromatic carbocycles. The number of amides is 2. The van der Waals surface area contributed by atoms with Crippen LogP contribution in [0.3, 0.4) is 0 Å². The number of carboxylic acids is 1. The first-order chi connectivity index (χ1) is 9.29. The Bertz CT molecular complexity index is 301. The Hall–Kier alpha value is -0.910. The van der Waals surface area contributed by atoms with Crippen LogP contribution < -0.4 is 10.6 Å². The average Bonchev–Trinajstić information content (AvgIpc) is 2.33. The molecular formula is C14H28N2O3S. The number of carbonyl (C=O) groups is 2. The van der Waals surface area contributed by atoms with E-state index in [-0.39, 0.29) is 0 Å². The maximum atomic E-state index is 11.8. The average molecular weight is 304 g/mol. The fourth-order valence-corrected chi connectivity index (χ4v) is 2.63. The molecule has 0 heterocycles. The van der Waals surface area contributed by atoms with Crippen molar-refractivity contribution in [3.63, 3.8) is 0 Å². The Morgan fingerprint density at radius 2 is 1.70 bits per heavy atom. The summed E-state index contributed by atoms with van der Waals surface area (Å²) in [7, 11) is 0. The maximum Gasteiger partial charge on any atom is 0.326 e. The second kappa shape index (κ2) is 9.91. The lowest BCUT2D eigenvalue weighted by Crippen LogP contribution is -2.48. The lowest BCUT2D eigenvalue weighted by molar-refractivity contribution is -0.139. The highest BCUT2D eigenvalue weighted by atomic mass is 32.2. The molecule has 0 fully saturated rings. The SMILES string of the molecule is CSCC[C@H](NC(=O)NCC(C(C)C)C(C)C)C(=O)O. The van der Waals surface area contributed by atoms with Gasteiger partial charge >= 0.3 is 12.0 Å². The molecule has 0 aliphatic rings. The van der Waals surface area contributed by atoms with Crippen molar-refractivity contribution < 1.29 is 14.7 Å². The third kappa shape index (κ3) is 7.62. The van der Waals surface area contributed by atoms with Crippen LogP contribution in [0.1, 0.15) is 34.1 Å². The van der Waals surface area contributed by atoms with Gasteiger partial charge < -0.3 is 15.7 Å². The zero-order valence-corrected chi connectivity index (χ0v) is 13.9. The second-order valence-electron chi connectivity index (χ2n) is 5.68. The van der Waals surface area contributed by atoms with Crippen LogP contribution in [0.15, 0.2) is 0 Å². The first-order valence-electron chi connectivity index (χ1n) is 7.05. The molecule has 0 aliphatic heterocycles. The van der Waals surface area contributed by atoms with Crippen molar-refractivity contribution in [3.8, 4) is 0 Å². The zero-order chi connectivity index (χ0) is 15.7. The van der Waals surface area contributed by atoms with E-state index < -0.39 is 18.0 Å². The highest BCUT2D eigenvalue weighted by Crippen LogP contribution is 2.19. The third-order valence-electron chi connectivity index (χ3n) is 3.43. The summed E-state index contributed by atoms with van der Waals surface area (Å²) in [6.07, 6.45) is 2.34. The summed E-state index contributed by atoms with van der Waals surface area (Å²) in [6.45, 7) is 9.08. The van der Waals surface area contributed by atoms with Crippen LogP contribution in [0.2, 0.25) is 0 Å². The van der Waals surface area contributed by atoms with Crippen LogP contribution in [0, 0.1) is 17.8 Å². The van der Waals surface area contributed by atoms with Gasteiger partial charge in [-0.15, -0.1) is 0 Å². The van der Waals surface area contributed by atoms with Crippen LogP contribution in [0.4, 0.5) is 4.79 Å². The molecule has 0 aliphatic carbocycles. The highest BCUT2D eigenvalue weighted by Gasteiger charge is 2.21. The van der Waals surface area contributed by atoms with E-state index in [1.165, 1.54) is 0 Å². The van der Waals surface area contributed by atoms with Crippen LogP contribution >= 0.6 is 11.8 Å².